The number of imidazole rings is 2. The van der Waals surface area contributed by atoms with E-state index in [1.807, 2.05) is 10.8 Å². The van der Waals surface area contributed by atoms with E-state index in [4.69, 9.17) is 15.2 Å². The molecule has 1 aliphatic rings. The number of aryl methyl sites for hydroxylation is 1. The molecule has 29 heavy (non-hydrogen) atoms. The molecule has 3 aromatic rings. The van der Waals surface area contributed by atoms with E-state index in [0.29, 0.717) is 6.61 Å². The first-order valence-corrected chi connectivity index (χ1v) is 9.32. The van der Waals surface area contributed by atoms with Crippen LogP contribution in [-0.4, -0.2) is 70.8 Å². The maximum Gasteiger partial charge on any atom is 0.280 e. The summed E-state index contributed by atoms with van der Waals surface area (Å²) in [6.07, 6.45) is 4.94. The largest absolute Gasteiger partial charge is 0.394 e. The van der Waals surface area contributed by atoms with Crippen LogP contribution in [0.1, 0.15) is 19.1 Å². The molecule has 156 valence electrons. The van der Waals surface area contributed by atoms with E-state index in [1.165, 1.54) is 10.9 Å². The Morgan fingerprint density at radius 2 is 2.21 bits per heavy atom. The smallest absolute Gasteiger partial charge is 0.280 e. The predicted molar refractivity (Wildman–Crippen MR) is 101 cm³/mol. The van der Waals surface area contributed by atoms with Crippen LogP contribution in [0.25, 0.3) is 11.2 Å². The van der Waals surface area contributed by atoms with Gasteiger partial charge in [-0.15, -0.1) is 0 Å². The molecule has 0 radical (unpaired) electrons. The molecule has 4 heterocycles. The van der Waals surface area contributed by atoms with Gasteiger partial charge in [0.25, 0.3) is 5.56 Å². The number of nitrogen functional groups attached to an aromatic ring is 1. The van der Waals surface area contributed by atoms with E-state index in [2.05, 4.69) is 19.9 Å². The Balaban J connectivity index is 1.48. The van der Waals surface area contributed by atoms with Crippen molar-refractivity contribution in [1.82, 2.24) is 29.1 Å². The number of nitrogens with two attached hydrogens (primary N) is 1. The van der Waals surface area contributed by atoms with E-state index in [9.17, 15) is 15.0 Å². The number of hydrogen-bond donors (Lipinski definition) is 4. The lowest BCUT2D eigenvalue weighted by atomic mass is 10.1. The number of anilines is 1. The molecule has 0 amide bonds. The molecule has 3 aromatic heterocycles. The number of H-pyrrole nitrogens is 1. The number of hydrogen-bond acceptors (Lipinski definition) is 9. The normalized spacial score (nSPS) is 24.5. The number of nitrogens with zero attached hydrogens (tertiary/aromatic N) is 5. The Morgan fingerprint density at radius 1 is 1.34 bits per heavy atom. The number of aliphatic hydroxyl groups excluding tert-OH is 2. The Kier molecular flexibility index (Phi) is 5.58. The van der Waals surface area contributed by atoms with Crippen molar-refractivity contribution in [1.29, 1.82) is 0 Å². The lowest BCUT2D eigenvalue weighted by Crippen LogP contribution is -2.35. The predicted octanol–water partition coefficient (Wildman–Crippen LogP) is -0.985. The molecule has 0 bridgehead atoms. The second-order valence-electron chi connectivity index (χ2n) is 6.86. The average molecular weight is 405 g/mol. The van der Waals surface area contributed by atoms with Crippen molar-refractivity contribution in [3.63, 3.8) is 0 Å². The Labute approximate surface area is 164 Å². The molecule has 0 spiro atoms. The molecule has 12 heteroatoms. The zero-order valence-electron chi connectivity index (χ0n) is 15.6. The van der Waals surface area contributed by atoms with Crippen LogP contribution in [0.5, 0.6) is 0 Å². The summed E-state index contributed by atoms with van der Waals surface area (Å²) >= 11 is 0. The van der Waals surface area contributed by atoms with Crippen molar-refractivity contribution in [3.8, 4) is 0 Å². The SMILES string of the molecule is Nc1nc2c(ncn2[C@@H]2O[C@H](CO)[C@@H](O)[C@H]2OCCCCn2ccnc2)c(=O)[nH]1. The van der Waals surface area contributed by atoms with Gasteiger partial charge < -0.3 is 30.0 Å². The van der Waals surface area contributed by atoms with E-state index in [-0.39, 0.29) is 23.7 Å². The Hall–Kier alpha value is -2.80. The molecule has 0 saturated carbocycles. The van der Waals surface area contributed by atoms with Crippen molar-refractivity contribution in [2.24, 2.45) is 0 Å². The number of unbranched alkanes of at least 4 members (excludes halogenated alkanes) is 1. The highest BCUT2D eigenvalue weighted by Crippen LogP contribution is 2.33. The fourth-order valence-electron chi connectivity index (χ4n) is 3.44. The summed E-state index contributed by atoms with van der Waals surface area (Å²) in [6, 6.07) is 0. The summed E-state index contributed by atoms with van der Waals surface area (Å²) in [7, 11) is 0. The van der Waals surface area contributed by atoms with Gasteiger partial charge >= 0.3 is 0 Å². The minimum atomic E-state index is -1.05. The van der Waals surface area contributed by atoms with Gasteiger partial charge in [-0.1, -0.05) is 0 Å². The highest BCUT2D eigenvalue weighted by molar-refractivity contribution is 5.70. The zero-order valence-corrected chi connectivity index (χ0v) is 15.6. The van der Waals surface area contributed by atoms with Gasteiger partial charge in [-0.3, -0.25) is 14.3 Å². The number of aromatic amines is 1. The zero-order chi connectivity index (χ0) is 20.4. The average Bonchev–Trinajstić information content (AvgIpc) is 3.41. The quantitative estimate of drug-likeness (QED) is 0.344. The minimum absolute atomic E-state index is 0.0570. The maximum atomic E-state index is 12.0. The second kappa shape index (κ2) is 8.29. The van der Waals surface area contributed by atoms with Gasteiger partial charge in [0.1, 0.15) is 18.3 Å². The number of aliphatic hydroxyl groups is 2. The molecule has 4 atom stereocenters. The van der Waals surface area contributed by atoms with Crippen LogP contribution < -0.4 is 11.3 Å². The van der Waals surface area contributed by atoms with Gasteiger partial charge in [0.2, 0.25) is 5.95 Å². The molecule has 4 rings (SSSR count). The summed E-state index contributed by atoms with van der Waals surface area (Å²) in [5.74, 6) is -0.0570. The number of nitrogens with one attached hydrogen (secondary N) is 1. The topological polar surface area (TPSA) is 166 Å². The maximum absolute atomic E-state index is 12.0. The fourth-order valence-corrected chi connectivity index (χ4v) is 3.44. The van der Waals surface area contributed by atoms with Crippen molar-refractivity contribution in [2.75, 3.05) is 18.9 Å². The number of rotatable bonds is 8. The van der Waals surface area contributed by atoms with Crippen molar-refractivity contribution in [2.45, 2.75) is 43.9 Å². The monoisotopic (exact) mass is 405 g/mol. The van der Waals surface area contributed by atoms with Crippen LogP contribution in [0.3, 0.4) is 0 Å². The van der Waals surface area contributed by atoms with Crippen LogP contribution in [0.2, 0.25) is 0 Å². The molecule has 12 nitrogen and oxygen atoms in total. The van der Waals surface area contributed by atoms with E-state index in [0.717, 1.165) is 19.4 Å². The van der Waals surface area contributed by atoms with Crippen LogP contribution in [0.15, 0.2) is 29.8 Å². The molecular weight excluding hydrogens is 382 g/mol. The third-order valence-electron chi connectivity index (χ3n) is 4.90. The summed E-state index contributed by atoms with van der Waals surface area (Å²) in [5, 5.41) is 20.1. The van der Waals surface area contributed by atoms with Gasteiger partial charge in [0, 0.05) is 25.5 Å². The standard InChI is InChI=1S/C17H23N7O5/c18-17-21-14-11(15(27)22-17)20-9-24(14)16-13(12(26)10(7-25)29-16)28-6-2-1-4-23-5-3-19-8-23/h3,5,8-10,12-13,16,25-26H,1-2,4,6-7H2,(H3,18,21,22,27)/t10-,12-,13-,16-/m1/s1. The van der Waals surface area contributed by atoms with Crippen LogP contribution in [-0.2, 0) is 16.0 Å². The number of fused-ring (bicyclic) bond motifs is 1. The molecule has 1 aliphatic heterocycles. The number of aromatic nitrogens is 6. The third kappa shape index (κ3) is 3.87. The van der Waals surface area contributed by atoms with E-state index in [1.54, 1.807) is 12.5 Å². The lowest BCUT2D eigenvalue weighted by molar-refractivity contribution is -0.0711. The Morgan fingerprint density at radius 3 is 2.97 bits per heavy atom. The fraction of sp³-hybridized carbons (Fsp3) is 0.529. The van der Waals surface area contributed by atoms with Crippen LogP contribution >= 0.6 is 0 Å². The van der Waals surface area contributed by atoms with Crippen LogP contribution in [0, 0.1) is 0 Å². The van der Waals surface area contributed by atoms with Gasteiger partial charge in [0.15, 0.2) is 17.4 Å². The second-order valence-corrected chi connectivity index (χ2v) is 6.86. The van der Waals surface area contributed by atoms with Crippen LogP contribution in [0.4, 0.5) is 5.95 Å². The van der Waals surface area contributed by atoms with Gasteiger partial charge in [0.05, 0.1) is 19.3 Å². The third-order valence-corrected chi connectivity index (χ3v) is 4.90. The van der Waals surface area contributed by atoms with E-state index >= 15 is 0 Å². The van der Waals surface area contributed by atoms with Gasteiger partial charge in [-0.05, 0) is 12.8 Å². The highest BCUT2D eigenvalue weighted by Gasteiger charge is 2.45. The van der Waals surface area contributed by atoms with Crippen molar-refractivity contribution >= 4 is 17.1 Å². The summed E-state index contributed by atoms with van der Waals surface area (Å²) < 4.78 is 15.2. The first-order chi connectivity index (χ1) is 14.1. The van der Waals surface area contributed by atoms with Gasteiger partial charge in [-0.2, -0.15) is 4.98 Å². The highest BCUT2D eigenvalue weighted by atomic mass is 16.6. The molecule has 0 aromatic carbocycles. The summed E-state index contributed by atoms with van der Waals surface area (Å²) in [4.78, 5) is 26.6. The molecule has 1 fully saturated rings. The Bertz CT molecular complexity index is 1000. The first-order valence-electron chi connectivity index (χ1n) is 9.32. The molecule has 0 unspecified atom stereocenters. The molecule has 0 aliphatic carbocycles. The van der Waals surface area contributed by atoms with Crippen molar-refractivity contribution < 1.29 is 19.7 Å². The first kappa shape index (κ1) is 19.5. The summed E-state index contributed by atoms with van der Waals surface area (Å²) in [5.41, 5.74) is 5.49. The van der Waals surface area contributed by atoms with Crippen molar-refractivity contribution in [3.05, 3.63) is 35.4 Å². The van der Waals surface area contributed by atoms with E-state index < -0.39 is 30.1 Å². The molecule has 1 saturated heterocycles. The van der Waals surface area contributed by atoms with Gasteiger partial charge in [-0.25, -0.2) is 9.97 Å². The minimum Gasteiger partial charge on any atom is -0.394 e. The summed E-state index contributed by atoms with van der Waals surface area (Å²) in [6.45, 7) is 0.825. The number of ether oxygens (including phenoxy) is 2. The molecular formula is C17H23N7O5. The molecule has 5 N–H and O–H groups in total. The lowest BCUT2D eigenvalue weighted by Gasteiger charge is -2.22.